The summed E-state index contributed by atoms with van der Waals surface area (Å²) in [6, 6.07) is 0.504. The number of hydrogen-bond acceptors (Lipinski definition) is 4. The van der Waals surface area contributed by atoms with Crippen LogP contribution in [0.5, 0.6) is 0 Å². The first-order valence-corrected chi connectivity index (χ1v) is 9.98. The molecule has 1 heterocycles. The van der Waals surface area contributed by atoms with E-state index in [9.17, 15) is 8.42 Å². The van der Waals surface area contributed by atoms with Crippen LogP contribution in [-0.4, -0.2) is 69.2 Å². The van der Waals surface area contributed by atoms with Gasteiger partial charge in [-0.15, -0.1) is 0 Å². The summed E-state index contributed by atoms with van der Waals surface area (Å²) in [4.78, 5) is 2.43. The van der Waals surface area contributed by atoms with Crippen LogP contribution in [0, 0.1) is 5.41 Å². The van der Waals surface area contributed by atoms with Gasteiger partial charge in [0.2, 0.25) is 10.0 Å². The average Bonchev–Trinajstić information content (AvgIpc) is 2.43. The Morgan fingerprint density at radius 1 is 1.10 bits per heavy atom. The number of hydrogen-bond donors (Lipinski definition) is 1. The van der Waals surface area contributed by atoms with Gasteiger partial charge in [-0.1, -0.05) is 27.7 Å². The normalized spacial score (nSPS) is 19.3. The van der Waals surface area contributed by atoms with E-state index in [1.165, 1.54) is 6.26 Å². The molecule has 0 saturated carbocycles. The van der Waals surface area contributed by atoms with Gasteiger partial charge in [0.05, 0.1) is 6.26 Å². The van der Waals surface area contributed by atoms with Crippen molar-refractivity contribution in [3.63, 3.8) is 0 Å². The number of rotatable bonds is 8. The zero-order valence-corrected chi connectivity index (χ0v) is 15.2. The highest BCUT2D eigenvalue weighted by Crippen LogP contribution is 2.27. The molecule has 0 radical (unpaired) electrons. The van der Waals surface area contributed by atoms with Crippen LogP contribution in [0.3, 0.4) is 0 Å². The lowest BCUT2D eigenvalue weighted by molar-refractivity contribution is 0.102. The molecule has 1 aliphatic rings. The highest BCUT2D eigenvalue weighted by molar-refractivity contribution is 7.88. The van der Waals surface area contributed by atoms with E-state index in [0.717, 1.165) is 39.0 Å². The fraction of sp³-hybridized carbons (Fsp3) is 1.00. The van der Waals surface area contributed by atoms with E-state index in [4.69, 9.17) is 0 Å². The topological polar surface area (TPSA) is 52.6 Å². The highest BCUT2D eigenvalue weighted by Gasteiger charge is 2.31. The van der Waals surface area contributed by atoms with Crippen LogP contribution in [-0.2, 0) is 10.0 Å². The fourth-order valence-electron chi connectivity index (χ4n) is 2.89. The molecule has 5 nitrogen and oxygen atoms in total. The zero-order chi connectivity index (χ0) is 16.1. The third-order valence-corrected chi connectivity index (χ3v) is 6.05. The van der Waals surface area contributed by atoms with E-state index < -0.39 is 10.0 Å². The average molecular weight is 320 g/mol. The van der Waals surface area contributed by atoms with Crippen molar-refractivity contribution < 1.29 is 8.42 Å². The molecule has 0 aromatic rings. The van der Waals surface area contributed by atoms with Gasteiger partial charge in [0.1, 0.15) is 0 Å². The Balaban J connectivity index is 2.57. The SMILES string of the molecule is CCC(CC)(CNC(C)C)CN1CCN(S(C)(=O)=O)CC1. The monoisotopic (exact) mass is 319 g/mol. The van der Waals surface area contributed by atoms with Gasteiger partial charge in [0.25, 0.3) is 0 Å². The summed E-state index contributed by atoms with van der Waals surface area (Å²) < 4.78 is 24.7. The van der Waals surface area contributed by atoms with Gasteiger partial charge in [0.15, 0.2) is 0 Å². The molecule has 1 fully saturated rings. The molecule has 0 aromatic heterocycles. The Morgan fingerprint density at radius 3 is 2.00 bits per heavy atom. The summed E-state index contributed by atoms with van der Waals surface area (Å²) in [7, 11) is -3.03. The third-order valence-electron chi connectivity index (χ3n) is 4.74. The summed E-state index contributed by atoms with van der Waals surface area (Å²) in [6.45, 7) is 13.9. The Bertz CT molecular complexity index is 397. The third kappa shape index (κ3) is 5.85. The van der Waals surface area contributed by atoms with Gasteiger partial charge in [-0.05, 0) is 18.3 Å². The first kappa shape index (κ1) is 18.9. The van der Waals surface area contributed by atoms with Crippen LogP contribution in [0.15, 0.2) is 0 Å². The summed E-state index contributed by atoms with van der Waals surface area (Å²) in [5, 5.41) is 3.58. The first-order chi connectivity index (χ1) is 9.72. The minimum atomic E-state index is -3.03. The molecular weight excluding hydrogens is 286 g/mol. The van der Waals surface area contributed by atoms with Crippen LogP contribution < -0.4 is 5.32 Å². The molecule has 0 amide bonds. The highest BCUT2D eigenvalue weighted by atomic mass is 32.2. The summed E-state index contributed by atoms with van der Waals surface area (Å²) in [5.41, 5.74) is 0.289. The van der Waals surface area contributed by atoms with Crippen molar-refractivity contribution in [1.29, 1.82) is 0 Å². The number of sulfonamides is 1. The molecule has 6 heteroatoms. The smallest absolute Gasteiger partial charge is 0.211 e. The molecule has 126 valence electrons. The van der Waals surface area contributed by atoms with Gasteiger partial charge in [-0.25, -0.2) is 8.42 Å². The van der Waals surface area contributed by atoms with Crippen molar-refractivity contribution >= 4 is 10.0 Å². The second-order valence-corrected chi connectivity index (χ2v) is 8.66. The van der Waals surface area contributed by atoms with Gasteiger partial charge in [-0.2, -0.15) is 4.31 Å². The number of nitrogens with one attached hydrogen (secondary N) is 1. The van der Waals surface area contributed by atoms with Crippen LogP contribution >= 0.6 is 0 Å². The molecule has 0 aromatic carbocycles. The van der Waals surface area contributed by atoms with E-state index >= 15 is 0 Å². The van der Waals surface area contributed by atoms with Crippen LogP contribution in [0.4, 0.5) is 0 Å². The molecule has 0 unspecified atom stereocenters. The molecule has 0 spiro atoms. The first-order valence-electron chi connectivity index (χ1n) is 8.13. The van der Waals surface area contributed by atoms with E-state index in [0.29, 0.717) is 19.1 Å². The minimum absolute atomic E-state index is 0.289. The molecule has 0 aliphatic carbocycles. The Kier molecular flexibility index (Phi) is 7.10. The second-order valence-electron chi connectivity index (χ2n) is 6.68. The zero-order valence-electron chi connectivity index (χ0n) is 14.4. The molecule has 1 aliphatic heterocycles. The standard InChI is InChI=1S/C15H33N3O2S/c1-6-15(7-2,12-16-14(3)4)13-17-8-10-18(11-9-17)21(5,19)20/h14,16H,6-13H2,1-5H3. The van der Waals surface area contributed by atoms with E-state index in [1.54, 1.807) is 4.31 Å². The van der Waals surface area contributed by atoms with Crippen molar-refractivity contribution in [2.75, 3.05) is 45.5 Å². The lowest BCUT2D eigenvalue weighted by atomic mass is 9.81. The maximum Gasteiger partial charge on any atom is 0.211 e. The fourth-order valence-corrected chi connectivity index (χ4v) is 3.72. The molecule has 1 rings (SSSR count). The quantitative estimate of drug-likeness (QED) is 0.734. The Labute approximate surface area is 131 Å². The van der Waals surface area contributed by atoms with E-state index in [-0.39, 0.29) is 5.41 Å². The predicted octanol–water partition coefficient (Wildman–Crippen LogP) is 1.37. The number of piperazine rings is 1. The van der Waals surface area contributed by atoms with Gasteiger partial charge >= 0.3 is 0 Å². The van der Waals surface area contributed by atoms with Crippen molar-refractivity contribution in [1.82, 2.24) is 14.5 Å². The largest absolute Gasteiger partial charge is 0.314 e. The van der Waals surface area contributed by atoms with E-state index in [2.05, 4.69) is 37.9 Å². The molecule has 0 bridgehead atoms. The van der Waals surface area contributed by atoms with Crippen LogP contribution in [0.2, 0.25) is 0 Å². The van der Waals surface area contributed by atoms with Crippen molar-refractivity contribution in [3.8, 4) is 0 Å². The maximum absolute atomic E-state index is 11.6. The lowest BCUT2D eigenvalue weighted by Gasteiger charge is -2.41. The predicted molar refractivity (Wildman–Crippen MR) is 89.0 cm³/mol. The maximum atomic E-state index is 11.6. The van der Waals surface area contributed by atoms with Crippen molar-refractivity contribution in [3.05, 3.63) is 0 Å². The Morgan fingerprint density at radius 2 is 1.62 bits per heavy atom. The van der Waals surface area contributed by atoms with Gasteiger partial charge in [0, 0.05) is 45.3 Å². The summed E-state index contributed by atoms with van der Waals surface area (Å²) >= 11 is 0. The second kappa shape index (κ2) is 7.90. The van der Waals surface area contributed by atoms with Crippen LogP contribution in [0.25, 0.3) is 0 Å². The Hall–Kier alpha value is -0.170. The summed E-state index contributed by atoms with van der Waals surface area (Å²) in [6.07, 6.45) is 3.60. The summed E-state index contributed by atoms with van der Waals surface area (Å²) in [5.74, 6) is 0. The molecule has 21 heavy (non-hydrogen) atoms. The lowest BCUT2D eigenvalue weighted by Crippen LogP contribution is -2.53. The van der Waals surface area contributed by atoms with Crippen molar-refractivity contribution in [2.24, 2.45) is 5.41 Å². The van der Waals surface area contributed by atoms with E-state index in [1.807, 2.05) is 0 Å². The molecule has 0 atom stereocenters. The van der Waals surface area contributed by atoms with Crippen molar-refractivity contribution in [2.45, 2.75) is 46.6 Å². The minimum Gasteiger partial charge on any atom is -0.314 e. The molecular formula is C15H33N3O2S. The molecule has 1 N–H and O–H groups in total. The molecule has 1 saturated heterocycles. The number of nitrogens with zero attached hydrogens (tertiary/aromatic N) is 2. The van der Waals surface area contributed by atoms with Gasteiger partial charge in [-0.3, -0.25) is 0 Å². The van der Waals surface area contributed by atoms with Crippen LogP contribution in [0.1, 0.15) is 40.5 Å². The van der Waals surface area contributed by atoms with Gasteiger partial charge < -0.3 is 10.2 Å².